The van der Waals surface area contributed by atoms with Gasteiger partial charge in [0.05, 0.1) is 17.0 Å². The number of ether oxygens (including phenoxy) is 1. The first kappa shape index (κ1) is 19.9. The van der Waals surface area contributed by atoms with Crippen molar-refractivity contribution in [3.8, 4) is 5.75 Å². The molecule has 0 saturated heterocycles. The molecule has 0 atom stereocenters. The molecule has 28 heavy (non-hydrogen) atoms. The van der Waals surface area contributed by atoms with Gasteiger partial charge in [0.25, 0.3) is 0 Å². The Labute approximate surface area is 172 Å². The number of halogens is 1. The van der Waals surface area contributed by atoms with Gasteiger partial charge in [-0.15, -0.1) is 0 Å². The summed E-state index contributed by atoms with van der Waals surface area (Å²) in [6.07, 6.45) is 3.26. The maximum absolute atomic E-state index is 11.9. The van der Waals surface area contributed by atoms with Gasteiger partial charge >= 0.3 is 0 Å². The van der Waals surface area contributed by atoms with Crippen molar-refractivity contribution in [1.82, 2.24) is 10.4 Å². The summed E-state index contributed by atoms with van der Waals surface area (Å²) in [7, 11) is 0. The Hall–Kier alpha value is -2.83. The minimum atomic E-state index is -0.202. The van der Waals surface area contributed by atoms with E-state index < -0.39 is 0 Å². The second kappa shape index (κ2) is 10.5. The van der Waals surface area contributed by atoms with Gasteiger partial charge in [-0.25, -0.2) is 10.4 Å². The second-order valence-corrected chi connectivity index (χ2v) is 7.13. The molecule has 1 amide bonds. The van der Waals surface area contributed by atoms with E-state index in [1.807, 2.05) is 66.7 Å². The lowest BCUT2D eigenvalue weighted by Gasteiger charge is -2.09. The normalized spacial score (nSPS) is 10.8. The summed E-state index contributed by atoms with van der Waals surface area (Å²) in [6.45, 7) is 0.412. The van der Waals surface area contributed by atoms with Gasteiger partial charge in [0, 0.05) is 16.8 Å². The van der Waals surface area contributed by atoms with Crippen LogP contribution in [-0.2, 0) is 11.4 Å². The second-order valence-electron chi connectivity index (χ2n) is 5.70. The van der Waals surface area contributed by atoms with E-state index in [1.54, 1.807) is 12.4 Å². The minimum Gasteiger partial charge on any atom is -0.488 e. The number of pyridine rings is 1. The highest BCUT2D eigenvalue weighted by molar-refractivity contribution is 7.99. The fourth-order valence-corrected chi connectivity index (χ4v) is 3.02. The highest BCUT2D eigenvalue weighted by atomic mass is 35.5. The third-order valence-corrected chi connectivity index (χ3v) is 4.80. The van der Waals surface area contributed by atoms with Gasteiger partial charge in [0.2, 0.25) is 5.91 Å². The van der Waals surface area contributed by atoms with Crippen LogP contribution in [0.25, 0.3) is 0 Å². The van der Waals surface area contributed by atoms with Crippen LogP contribution in [-0.4, -0.2) is 22.9 Å². The van der Waals surface area contributed by atoms with E-state index in [0.29, 0.717) is 17.4 Å². The first-order valence-electron chi connectivity index (χ1n) is 8.53. The smallest absolute Gasteiger partial charge is 0.250 e. The van der Waals surface area contributed by atoms with E-state index >= 15 is 0 Å². The highest BCUT2D eigenvalue weighted by Gasteiger charge is 2.04. The Morgan fingerprint density at radius 3 is 2.68 bits per heavy atom. The lowest BCUT2D eigenvalue weighted by molar-refractivity contribution is -0.118. The number of hydrogen-bond donors (Lipinski definition) is 1. The van der Waals surface area contributed by atoms with Crippen LogP contribution in [0, 0.1) is 0 Å². The molecule has 0 saturated carbocycles. The SMILES string of the molecule is O=C(CSc1ccccn1)N/N=C\c1ccccc1OCc1ccc(Cl)cc1. The van der Waals surface area contributed by atoms with E-state index in [2.05, 4.69) is 15.5 Å². The van der Waals surface area contributed by atoms with Crippen LogP contribution in [0.15, 0.2) is 83.1 Å². The maximum atomic E-state index is 11.9. The van der Waals surface area contributed by atoms with Crippen LogP contribution in [0.2, 0.25) is 5.02 Å². The summed E-state index contributed by atoms with van der Waals surface area (Å²) in [4.78, 5) is 16.1. The van der Waals surface area contributed by atoms with Crippen LogP contribution in [0.4, 0.5) is 0 Å². The zero-order chi connectivity index (χ0) is 19.6. The molecule has 3 rings (SSSR count). The average Bonchev–Trinajstić information content (AvgIpc) is 2.73. The third-order valence-electron chi connectivity index (χ3n) is 3.61. The Morgan fingerprint density at radius 1 is 1.11 bits per heavy atom. The van der Waals surface area contributed by atoms with Gasteiger partial charge in [-0.3, -0.25) is 4.79 Å². The van der Waals surface area contributed by atoms with Gasteiger partial charge in [-0.05, 0) is 42.0 Å². The number of nitrogens with zero attached hydrogens (tertiary/aromatic N) is 2. The fourth-order valence-electron chi connectivity index (χ4n) is 2.24. The molecule has 2 aromatic carbocycles. The minimum absolute atomic E-state index is 0.202. The zero-order valence-corrected chi connectivity index (χ0v) is 16.5. The number of carbonyl (C=O) groups excluding carboxylic acids is 1. The van der Waals surface area contributed by atoms with Crippen molar-refractivity contribution in [3.63, 3.8) is 0 Å². The number of hydrazone groups is 1. The van der Waals surface area contributed by atoms with Gasteiger partial charge in [0.15, 0.2) is 0 Å². The summed E-state index contributed by atoms with van der Waals surface area (Å²) < 4.78 is 5.87. The molecular formula is C21H18ClN3O2S. The van der Waals surface area contributed by atoms with Crippen LogP contribution in [0.1, 0.15) is 11.1 Å². The van der Waals surface area contributed by atoms with Crippen molar-refractivity contribution in [2.24, 2.45) is 5.10 Å². The number of carbonyl (C=O) groups is 1. The van der Waals surface area contributed by atoms with Crippen molar-refractivity contribution < 1.29 is 9.53 Å². The van der Waals surface area contributed by atoms with Gasteiger partial charge in [-0.1, -0.05) is 53.7 Å². The van der Waals surface area contributed by atoms with Crippen LogP contribution >= 0.6 is 23.4 Å². The molecule has 0 aliphatic carbocycles. The third kappa shape index (κ3) is 6.40. The monoisotopic (exact) mass is 411 g/mol. The molecule has 7 heteroatoms. The molecule has 0 aliphatic heterocycles. The Balaban J connectivity index is 1.52. The Kier molecular flexibility index (Phi) is 7.46. The van der Waals surface area contributed by atoms with E-state index in [0.717, 1.165) is 16.2 Å². The van der Waals surface area contributed by atoms with Crippen molar-refractivity contribution in [2.45, 2.75) is 11.6 Å². The summed E-state index contributed by atoms with van der Waals surface area (Å²) in [5, 5.41) is 5.51. The van der Waals surface area contributed by atoms with Crippen LogP contribution in [0.3, 0.4) is 0 Å². The summed E-state index contributed by atoms with van der Waals surface area (Å²) >= 11 is 7.25. The molecule has 0 fully saturated rings. The number of para-hydroxylation sites is 1. The van der Waals surface area contributed by atoms with E-state index in [4.69, 9.17) is 16.3 Å². The first-order valence-corrected chi connectivity index (χ1v) is 9.89. The summed E-state index contributed by atoms with van der Waals surface area (Å²) in [6, 6.07) is 20.6. The summed E-state index contributed by atoms with van der Waals surface area (Å²) in [5.74, 6) is 0.716. The van der Waals surface area contributed by atoms with E-state index in [1.165, 1.54) is 11.8 Å². The Bertz CT molecular complexity index is 934. The number of nitrogens with one attached hydrogen (secondary N) is 1. The standard InChI is InChI=1S/C21H18ClN3O2S/c22-18-10-8-16(9-11-18)14-27-19-6-2-1-5-17(19)13-24-25-20(26)15-28-21-7-3-4-12-23-21/h1-13H,14-15H2,(H,25,26)/b24-13-. The molecule has 0 unspecified atom stereocenters. The van der Waals surface area contributed by atoms with Crippen molar-refractivity contribution in [1.29, 1.82) is 0 Å². The number of thioether (sulfide) groups is 1. The highest BCUT2D eigenvalue weighted by Crippen LogP contribution is 2.18. The first-order chi connectivity index (χ1) is 13.7. The lowest BCUT2D eigenvalue weighted by atomic mass is 10.2. The van der Waals surface area contributed by atoms with Crippen molar-refractivity contribution in [3.05, 3.63) is 89.1 Å². The van der Waals surface area contributed by atoms with Crippen molar-refractivity contribution >= 4 is 35.5 Å². The number of benzene rings is 2. The molecule has 5 nitrogen and oxygen atoms in total. The molecule has 3 aromatic rings. The molecule has 0 aliphatic rings. The average molecular weight is 412 g/mol. The molecule has 0 radical (unpaired) electrons. The summed E-state index contributed by atoms with van der Waals surface area (Å²) in [5.41, 5.74) is 4.30. The van der Waals surface area contributed by atoms with E-state index in [-0.39, 0.29) is 11.7 Å². The molecule has 0 bridgehead atoms. The number of rotatable bonds is 8. The molecule has 142 valence electrons. The molecule has 1 heterocycles. The van der Waals surface area contributed by atoms with Crippen molar-refractivity contribution in [2.75, 3.05) is 5.75 Å². The van der Waals surface area contributed by atoms with Gasteiger partial charge in [0.1, 0.15) is 12.4 Å². The molecule has 0 spiro atoms. The number of hydrogen-bond acceptors (Lipinski definition) is 5. The zero-order valence-electron chi connectivity index (χ0n) is 14.9. The lowest BCUT2D eigenvalue weighted by Crippen LogP contribution is -2.19. The number of aromatic nitrogens is 1. The Morgan fingerprint density at radius 2 is 1.89 bits per heavy atom. The quantitative estimate of drug-likeness (QED) is 0.335. The van der Waals surface area contributed by atoms with Crippen LogP contribution in [0.5, 0.6) is 5.75 Å². The fraction of sp³-hybridized carbons (Fsp3) is 0.0952. The maximum Gasteiger partial charge on any atom is 0.250 e. The molecule has 1 aromatic heterocycles. The predicted octanol–water partition coefficient (Wildman–Crippen LogP) is 4.56. The predicted molar refractivity (Wildman–Crippen MR) is 113 cm³/mol. The number of amides is 1. The van der Waals surface area contributed by atoms with E-state index in [9.17, 15) is 4.79 Å². The topological polar surface area (TPSA) is 63.6 Å². The van der Waals surface area contributed by atoms with Gasteiger partial charge < -0.3 is 4.74 Å². The molecular weight excluding hydrogens is 394 g/mol. The van der Waals surface area contributed by atoms with Crippen LogP contribution < -0.4 is 10.2 Å². The van der Waals surface area contributed by atoms with Gasteiger partial charge in [-0.2, -0.15) is 5.10 Å². The largest absolute Gasteiger partial charge is 0.488 e. The molecule has 1 N–H and O–H groups in total.